The Morgan fingerprint density at radius 1 is 1.21 bits per heavy atom. The standard InChI is InChI=1S/C25H25ClF3N3O2/c1-15-21(23(33)34-2)22(18-4-3-5-20(26)12-18)31-24(30-13-16-6-7-16)32(15)14-17-8-10-19(11-9-17)25(27,28)29/h3-5,8-12,16,22H,6-7,13-14H2,1-2H3,(H,30,31). The number of carbonyl (C=O) groups excluding carboxylic acids is 1. The molecule has 1 aliphatic heterocycles. The van der Waals surface area contributed by atoms with Gasteiger partial charge in [0.1, 0.15) is 0 Å². The summed E-state index contributed by atoms with van der Waals surface area (Å²) in [6, 6.07) is 11.7. The lowest BCUT2D eigenvalue weighted by Gasteiger charge is -2.38. The van der Waals surface area contributed by atoms with Crippen LogP contribution in [0.15, 0.2) is 64.8 Å². The first-order chi connectivity index (χ1) is 16.2. The number of allylic oxidation sites excluding steroid dienone is 1. The van der Waals surface area contributed by atoms with Crippen LogP contribution in [0.5, 0.6) is 0 Å². The molecule has 1 unspecified atom stereocenters. The summed E-state index contributed by atoms with van der Waals surface area (Å²) in [6.07, 6.45) is -2.16. The second-order valence-corrected chi connectivity index (χ2v) is 8.95. The molecular formula is C25H25ClF3N3O2. The minimum absolute atomic E-state index is 0.239. The highest BCUT2D eigenvalue weighted by Crippen LogP contribution is 2.35. The van der Waals surface area contributed by atoms with Crippen LogP contribution in [0.2, 0.25) is 5.02 Å². The molecule has 180 valence electrons. The van der Waals surface area contributed by atoms with Gasteiger partial charge in [-0.05, 0) is 61.1 Å². The van der Waals surface area contributed by atoms with E-state index in [0.29, 0.717) is 40.3 Å². The Labute approximate surface area is 201 Å². The van der Waals surface area contributed by atoms with E-state index in [2.05, 4.69) is 5.32 Å². The van der Waals surface area contributed by atoms with Crippen LogP contribution in [0.1, 0.15) is 42.5 Å². The van der Waals surface area contributed by atoms with E-state index in [4.69, 9.17) is 21.3 Å². The Balaban J connectivity index is 1.74. The van der Waals surface area contributed by atoms with Crippen molar-refractivity contribution in [1.29, 1.82) is 0 Å². The van der Waals surface area contributed by atoms with Crippen molar-refractivity contribution in [1.82, 2.24) is 10.2 Å². The molecule has 2 aromatic rings. The summed E-state index contributed by atoms with van der Waals surface area (Å²) in [5.74, 6) is 0.577. The van der Waals surface area contributed by atoms with Crippen molar-refractivity contribution in [3.63, 3.8) is 0 Å². The van der Waals surface area contributed by atoms with Gasteiger partial charge in [-0.25, -0.2) is 4.79 Å². The van der Waals surface area contributed by atoms with E-state index in [1.165, 1.54) is 19.2 Å². The molecule has 34 heavy (non-hydrogen) atoms. The first-order valence-corrected chi connectivity index (χ1v) is 11.3. The van der Waals surface area contributed by atoms with Crippen LogP contribution in [0.4, 0.5) is 13.2 Å². The number of rotatable bonds is 6. The molecule has 1 atom stereocenters. The third kappa shape index (κ3) is 5.38. The zero-order valence-corrected chi connectivity index (χ0v) is 19.6. The third-order valence-electron chi connectivity index (χ3n) is 6.02. The van der Waals surface area contributed by atoms with E-state index in [0.717, 1.165) is 30.5 Å². The topological polar surface area (TPSA) is 53.9 Å². The van der Waals surface area contributed by atoms with Gasteiger partial charge in [-0.15, -0.1) is 0 Å². The van der Waals surface area contributed by atoms with Gasteiger partial charge >= 0.3 is 12.1 Å². The largest absolute Gasteiger partial charge is 0.466 e. The number of aliphatic imine (C=N–C) groups is 1. The van der Waals surface area contributed by atoms with Crippen LogP contribution in [0, 0.1) is 5.92 Å². The van der Waals surface area contributed by atoms with Gasteiger partial charge in [-0.1, -0.05) is 35.9 Å². The molecule has 4 rings (SSSR count). The van der Waals surface area contributed by atoms with Gasteiger partial charge in [0.2, 0.25) is 0 Å². The second kappa shape index (κ2) is 9.70. The normalized spacial score (nSPS) is 19.9. The molecule has 0 aromatic heterocycles. The number of esters is 1. The summed E-state index contributed by atoms with van der Waals surface area (Å²) >= 11 is 6.21. The van der Waals surface area contributed by atoms with Crippen LogP contribution in [-0.4, -0.2) is 30.5 Å². The molecule has 0 radical (unpaired) electrons. The first-order valence-electron chi connectivity index (χ1n) is 11.0. The van der Waals surface area contributed by atoms with Crippen molar-refractivity contribution in [3.8, 4) is 0 Å². The molecule has 9 heteroatoms. The van der Waals surface area contributed by atoms with Gasteiger partial charge in [0, 0.05) is 17.3 Å². The fourth-order valence-electron chi connectivity index (χ4n) is 3.93. The van der Waals surface area contributed by atoms with E-state index in [1.807, 2.05) is 11.0 Å². The molecule has 2 aromatic carbocycles. The minimum atomic E-state index is -4.40. The predicted molar refractivity (Wildman–Crippen MR) is 124 cm³/mol. The maximum Gasteiger partial charge on any atom is 0.416 e. The van der Waals surface area contributed by atoms with Crippen molar-refractivity contribution >= 4 is 23.5 Å². The van der Waals surface area contributed by atoms with Crippen LogP contribution in [-0.2, 0) is 22.3 Å². The number of ether oxygens (including phenoxy) is 1. The highest BCUT2D eigenvalue weighted by molar-refractivity contribution is 6.30. The quantitative estimate of drug-likeness (QED) is 0.525. The van der Waals surface area contributed by atoms with E-state index < -0.39 is 23.8 Å². The molecule has 0 amide bonds. The maximum absolute atomic E-state index is 13.0. The Hall–Kier alpha value is -3.00. The fourth-order valence-corrected chi connectivity index (χ4v) is 4.12. The van der Waals surface area contributed by atoms with E-state index >= 15 is 0 Å². The van der Waals surface area contributed by atoms with Crippen LogP contribution in [0.3, 0.4) is 0 Å². The van der Waals surface area contributed by atoms with Gasteiger partial charge in [-0.3, -0.25) is 4.99 Å². The predicted octanol–water partition coefficient (Wildman–Crippen LogP) is 5.72. The Morgan fingerprint density at radius 3 is 2.50 bits per heavy atom. The van der Waals surface area contributed by atoms with Gasteiger partial charge in [0.25, 0.3) is 0 Å². The molecule has 1 N–H and O–H groups in total. The average molecular weight is 492 g/mol. The zero-order chi connectivity index (χ0) is 24.5. The molecule has 1 aliphatic carbocycles. The number of nitrogens with zero attached hydrogens (tertiary/aromatic N) is 2. The number of alkyl halides is 3. The van der Waals surface area contributed by atoms with Crippen molar-refractivity contribution in [2.24, 2.45) is 10.9 Å². The summed E-state index contributed by atoms with van der Waals surface area (Å²) in [5.41, 5.74) is 1.73. The summed E-state index contributed by atoms with van der Waals surface area (Å²) < 4.78 is 44.0. The molecule has 1 fully saturated rings. The van der Waals surface area contributed by atoms with E-state index in [1.54, 1.807) is 25.1 Å². The first kappa shape index (κ1) is 24.1. The monoisotopic (exact) mass is 491 g/mol. The molecule has 0 saturated heterocycles. The molecule has 1 heterocycles. The molecule has 0 spiro atoms. The van der Waals surface area contributed by atoms with Gasteiger partial charge in [-0.2, -0.15) is 13.2 Å². The number of guanidine groups is 1. The number of nitrogens with one attached hydrogen (secondary N) is 1. The van der Waals surface area contributed by atoms with Crippen molar-refractivity contribution in [2.75, 3.05) is 13.7 Å². The van der Waals surface area contributed by atoms with E-state index in [-0.39, 0.29) is 6.54 Å². The lowest BCUT2D eigenvalue weighted by Crippen LogP contribution is -2.48. The summed E-state index contributed by atoms with van der Waals surface area (Å²) in [5, 5.41) is 3.89. The van der Waals surface area contributed by atoms with Crippen molar-refractivity contribution < 1.29 is 22.7 Å². The SMILES string of the molecule is COC(=O)C1=C(C)N(Cc2ccc(C(F)(F)F)cc2)C(=NCC2CC2)NC1c1cccc(Cl)c1. The summed E-state index contributed by atoms with van der Waals surface area (Å²) in [6.45, 7) is 2.67. The van der Waals surface area contributed by atoms with Crippen molar-refractivity contribution in [2.45, 2.75) is 38.5 Å². The van der Waals surface area contributed by atoms with Crippen LogP contribution in [0.25, 0.3) is 0 Å². The number of halogens is 4. The summed E-state index contributed by atoms with van der Waals surface area (Å²) in [7, 11) is 1.31. The maximum atomic E-state index is 13.0. The fraction of sp³-hybridized carbons (Fsp3) is 0.360. The Kier molecular flexibility index (Phi) is 6.89. The lowest BCUT2D eigenvalue weighted by atomic mass is 9.94. The zero-order valence-electron chi connectivity index (χ0n) is 18.8. The smallest absolute Gasteiger partial charge is 0.416 e. The van der Waals surface area contributed by atoms with Crippen molar-refractivity contribution in [3.05, 3.63) is 81.5 Å². The number of methoxy groups -OCH3 is 1. The third-order valence-corrected chi connectivity index (χ3v) is 6.25. The lowest BCUT2D eigenvalue weighted by molar-refractivity contribution is -0.138. The molecule has 2 aliphatic rings. The second-order valence-electron chi connectivity index (χ2n) is 8.51. The molecule has 5 nitrogen and oxygen atoms in total. The molecule has 1 saturated carbocycles. The molecular weight excluding hydrogens is 467 g/mol. The summed E-state index contributed by atoms with van der Waals surface area (Å²) in [4.78, 5) is 19.4. The number of carbonyl (C=O) groups is 1. The number of hydrogen-bond donors (Lipinski definition) is 1. The Bertz CT molecular complexity index is 1120. The number of benzene rings is 2. The van der Waals surface area contributed by atoms with Gasteiger partial charge < -0.3 is 15.0 Å². The molecule has 0 bridgehead atoms. The van der Waals surface area contributed by atoms with Crippen LogP contribution >= 0.6 is 11.6 Å². The average Bonchev–Trinajstić information content (AvgIpc) is 3.63. The minimum Gasteiger partial charge on any atom is -0.466 e. The highest BCUT2D eigenvalue weighted by atomic mass is 35.5. The van der Waals surface area contributed by atoms with Crippen LogP contribution < -0.4 is 5.32 Å². The number of hydrogen-bond acceptors (Lipinski definition) is 3. The highest BCUT2D eigenvalue weighted by Gasteiger charge is 2.36. The van der Waals surface area contributed by atoms with Gasteiger partial charge in [0.05, 0.1) is 30.8 Å². The van der Waals surface area contributed by atoms with Gasteiger partial charge in [0.15, 0.2) is 5.96 Å². The Morgan fingerprint density at radius 2 is 1.91 bits per heavy atom. The van der Waals surface area contributed by atoms with E-state index in [9.17, 15) is 18.0 Å².